The molecule has 3 aliphatic rings. The van der Waals surface area contributed by atoms with Crippen LogP contribution in [0, 0.1) is 0 Å². The van der Waals surface area contributed by atoms with Gasteiger partial charge in [0.05, 0.1) is 48.3 Å². The van der Waals surface area contributed by atoms with Gasteiger partial charge in [0.2, 0.25) is 11.5 Å². The summed E-state index contributed by atoms with van der Waals surface area (Å²) in [7, 11) is 1.92. The summed E-state index contributed by atoms with van der Waals surface area (Å²) in [6, 6.07) is 26.1. The molecule has 6 atom stereocenters. The first kappa shape index (κ1) is 64.1. The van der Waals surface area contributed by atoms with E-state index in [9.17, 15) is 19.2 Å². The molecule has 3 aliphatic heterocycles. The molecule has 26 heteroatoms. The number of nitrogens with zero attached hydrogens (tertiary/aromatic N) is 13. The first-order chi connectivity index (χ1) is 46.3. The van der Waals surface area contributed by atoms with E-state index in [2.05, 4.69) is 53.7 Å². The van der Waals surface area contributed by atoms with E-state index in [0.29, 0.717) is 122 Å². The Morgan fingerprint density at radius 3 is 1.59 bits per heavy atom. The van der Waals surface area contributed by atoms with Crippen LogP contribution in [0.5, 0.6) is 0 Å². The molecular formula is C69H67Cl2N13O11. The third-order valence-corrected chi connectivity index (χ3v) is 17.7. The smallest absolute Gasteiger partial charge is 0.414 e. The van der Waals surface area contributed by atoms with Crippen molar-refractivity contribution in [2.24, 2.45) is 7.05 Å². The summed E-state index contributed by atoms with van der Waals surface area (Å²) in [5.41, 5.74) is 8.49. The van der Waals surface area contributed by atoms with E-state index in [1.165, 1.54) is 11.1 Å². The van der Waals surface area contributed by atoms with E-state index in [0.717, 1.165) is 50.6 Å². The van der Waals surface area contributed by atoms with Crippen LogP contribution >= 0.6 is 23.2 Å². The van der Waals surface area contributed by atoms with E-state index in [1.807, 2.05) is 67.2 Å². The Morgan fingerprint density at radius 2 is 1.07 bits per heavy atom. The molecule has 12 aromatic rings. The van der Waals surface area contributed by atoms with Crippen LogP contribution in [-0.4, -0.2) is 121 Å². The molecule has 0 radical (unpaired) electrons. The van der Waals surface area contributed by atoms with Gasteiger partial charge in [0.15, 0.2) is 27.9 Å². The molecule has 15 heterocycles. The van der Waals surface area contributed by atoms with Crippen molar-refractivity contribution in [3.8, 4) is 34.2 Å². The van der Waals surface area contributed by atoms with Crippen LogP contribution in [0.1, 0.15) is 114 Å². The molecule has 0 spiro atoms. The zero-order valence-electron chi connectivity index (χ0n) is 52.8. The minimum Gasteiger partial charge on any atom is -0.450 e. The topological polar surface area (TPSA) is 279 Å². The maximum absolute atomic E-state index is 13.5. The number of ketones is 1. The van der Waals surface area contributed by atoms with Gasteiger partial charge >= 0.3 is 17.5 Å². The molecule has 0 bridgehead atoms. The van der Waals surface area contributed by atoms with Gasteiger partial charge < -0.3 is 36.8 Å². The lowest BCUT2D eigenvalue weighted by Crippen LogP contribution is -2.46. The maximum Gasteiger partial charge on any atom is 0.414 e. The first-order valence-corrected chi connectivity index (χ1v) is 32.6. The second-order valence-electron chi connectivity index (χ2n) is 23.3. The Hall–Kier alpha value is -9.59. The van der Waals surface area contributed by atoms with Crippen molar-refractivity contribution in [3.63, 3.8) is 0 Å². The van der Waals surface area contributed by atoms with Crippen molar-refractivity contribution < 1.29 is 41.8 Å². The normalized spacial score (nSPS) is 18.9. The lowest BCUT2D eigenvalue weighted by atomic mass is 9.99. The fourth-order valence-electron chi connectivity index (χ4n) is 12.7. The van der Waals surface area contributed by atoms with Gasteiger partial charge in [0, 0.05) is 69.8 Å². The lowest BCUT2D eigenvalue weighted by Gasteiger charge is -2.36. The number of carbonyl (C=O) groups is 2. The molecule has 3 fully saturated rings. The number of imidazole rings is 1. The van der Waals surface area contributed by atoms with Gasteiger partial charge in [0.1, 0.15) is 66.4 Å². The van der Waals surface area contributed by atoms with E-state index in [4.69, 9.17) is 60.4 Å². The Balaban J connectivity index is 0.000000130. The SMILES string of the molecule is CCOC(=O)N(c1c(C(=O)c2ccccn2)oc2ccc(Cl)nc12)[C@H]1CCO[C@@H](CC)C1.CC[C@H]1C[C@@H](n2c(=O)nc(-c3ccccn3)c3oc4ccc(-c5cn(C)cn5)nc4c32)CCO1.CC[C@H]1C[C@@H](n2c(=O)nc(-c3ccccn3)c3oc4ccc(Cl)nc4c32)CCO1. The van der Waals surface area contributed by atoms with Crippen LogP contribution in [0.2, 0.25) is 10.3 Å². The molecule has 0 saturated carbocycles. The summed E-state index contributed by atoms with van der Waals surface area (Å²) < 4.78 is 46.6. The van der Waals surface area contributed by atoms with Gasteiger partial charge in [0.25, 0.3) is 0 Å². The molecule has 95 heavy (non-hydrogen) atoms. The van der Waals surface area contributed by atoms with Crippen LogP contribution in [0.3, 0.4) is 0 Å². The summed E-state index contributed by atoms with van der Waals surface area (Å²) in [5.74, 6) is -0.482. The average Bonchev–Trinajstić information content (AvgIpc) is 1.62. The molecule has 12 aromatic heterocycles. The number of carbonyl (C=O) groups excluding carboxylic acids is 2. The van der Waals surface area contributed by atoms with Crippen molar-refractivity contribution in [1.29, 1.82) is 0 Å². The molecule has 3 saturated heterocycles. The number of fused-ring (bicyclic) bond motifs is 7. The Bertz CT molecular complexity index is 4880. The number of rotatable bonds is 13. The summed E-state index contributed by atoms with van der Waals surface area (Å²) in [6.07, 6.45) is 14.9. The van der Waals surface area contributed by atoms with Gasteiger partial charge in [-0.15, -0.1) is 0 Å². The van der Waals surface area contributed by atoms with Gasteiger partial charge in [-0.2, -0.15) is 9.97 Å². The van der Waals surface area contributed by atoms with Crippen molar-refractivity contribution in [2.45, 2.75) is 122 Å². The molecule has 1 amide bonds. The molecular weight excluding hydrogens is 1260 g/mol. The molecule has 0 aliphatic carbocycles. The van der Waals surface area contributed by atoms with Gasteiger partial charge in [-0.1, -0.05) is 62.2 Å². The number of anilines is 1. The molecule has 488 valence electrons. The highest BCUT2D eigenvalue weighted by Gasteiger charge is 2.39. The number of aryl methyl sites for hydroxylation is 1. The predicted molar refractivity (Wildman–Crippen MR) is 357 cm³/mol. The van der Waals surface area contributed by atoms with Crippen LogP contribution in [-0.2, 0) is 26.0 Å². The Labute approximate surface area is 553 Å². The Morgan fingerprint density at radius 1 is 0.558 bits per heavy atom. The maximum atomic E-state index is 13.5. The summed E-state index contributed by atoms with van der Waals surface area (Å²) >= 11 is 12.3. The average molecular weight is 1330 g/mol. The first-order valence-electron chi connectivity index (χ1n) is 31.8. The van der Waals surface area contributed by atoms with Crippen molar-refractivity contribution in [1.82, 2.24) is 58.6 Å². The van der Waals surface area contributed by atoms with E-state index in [1.54, 1.807) is 83.3 Å². The van der Waals surface area contributed by atoms with Gasteiger partial charge in [-0.25, -0.2) is 34.3 Å². The summed E-state index contributed by atoms with van der Waals surface area (Å²) in [5, 5.41) is 0.562. The molecule has 24 nitrogen and oxygen atoms in total. The second kappa shape index (κ2) is 28.2. The number of ether oxygens (including phenoxy) is 4. The van der Waals surface area contributed by atoms with Gasteiger partial charge in [-0.3, -0.25) is 33.8 Å². The third kappa shape index (κ3) is 13.1. The van der Waals surface area contributed by atoms with Crippen LogP contribution in [0.4, 0.5) is 10.5 Å². The number of hydrogen-bond donors (Lipinski definition) is 0. The number of amides is 1. The number of hydrogen-bond acceptors (Lipinski definition) is 20. The highest BCUT2D eigenvalue weighted by Crippen LogP contribution is 2.41. The number of halogens is 2. The largest absolute Gasteiger partial charge is 0.450 e. The zero-order valence-corrected chi connectivity index (χ0v) is 54.3. The quantitative estimate of drug-likeness (QED) is 0.0766. The zero-order chi connectivity index (χ0) is 65.9. The second-order valence-corrected chi connectivity index (χ2v) is 24.0. The molecule has 0 unspecified atom stereocenters. The highest BCUT2D eigenvalue weighted by molar-refractivity contribution is 6.30. The van der Waals surface area contributed by atoms with Gasteiger partial charge in [-0.05, 0) is 138 Å². The fraction of sp³-hybridized carbons (Fsp3) is 0.348. The third-order valence-electron chi connectivity index (χ3n) is 17.3. The number of furan rings is 3. The standard InChI is InChI=1S/C25H24N6O3.C23H24ClN3O5.C21H19ClN4O3/c1-3-16-12-15(9-11-33-16)31-23-22-20(8-7-17(28-22)19-13-30(2)14-27-19)34-24(23)21(29-25(31)32)18-6-4-5-10-26-18;1-3-15-13-14(10-12-31-15)27(23(29)30-4-2)20-19-17(8-9-18(24)26-19)32-22(20)21(28)16-7-5-6-11-25-16;1-2-13-11-12(8-10-28-13)26-19-18-15(6-7-16(22)24-18)29-20(19)17(25-21(26)27)14-5-3-4-9-23-14/h4-8,10,13-16H,3,9,11-12H2,1-2H3;5-9,11,14-15H,3-4,10,12-13H2,1-2H3;3-7,9,12-13H,2,8,10-11H2,1H3/t15-,16-;14-,15-;12-,13-/m000/s1. The summed E-state index contributed by atoms with van der Waals surface area (Å²) in [4.78, 5) is 94.8. The number of pyridine rings is 6. The predicted octanol–water partition coefficient (Wildman–Crippen LogP) is 13.5. The van der Waals surface area contributed by atoms with E-state index in [-0.39, 0.29) is 76.7 Å². The summed E-state index contributed by atoms with van der Waals surface area (Å²) in [6.45, 7) is 9.83. The van der Waals surface area contributed by atoms with Crippen LogP contribution in [0.15, 0.2) is 145 Å². The minimum atomic E-state index is -0.575. The van der Waals surface area contributed by atoms with Crippen LogP contribution in [0.25, 0.3) is 89.7 Å². The van der Waals surface area contributed by atoms with E-state index >= 15 is 0 Å². The Kier molecular flexibility index (Phi) is 19.0. The number of aromatic nitrogens is 12. The lowest BCUT2D eigenvalue weighted by molar-refractivity contribution is -0.00725. The van der Waals surface area contributed by atoms with E-state index < -0.39 is 11.9 Å². The monoisotopic (exact) mass is 1320 g/mol. The van der Waals surface area contributed by atoms with Crippen molar-refractivity contribution >= 4 is 96.3 Å². The van der Waals surface area contributed by atoms with Crippen molar-refractivity contribution in [2.75, 3.05) is 31.3 Å². The molecule has 15 rings (SSSR count). The minimum absolute atomic E-state index is 0.00432. The van der Waals surface area contributed by atoms with Crippen molar-refractivity contribution in [3.05, 3.63) is 165 Å². The van der Waals surface area contributed by atoms with Crippen LogP contribution < -0.4 is 16.3 Å². The highest BCUT2D eigenvalue weighted by atomic mass is 35.5. The molecule has 0 N–H and O–H groups in total. The molecule has 0 aromatic carbocycles. The fourth-order valence-corrected chi connectivity index (χ4v) is 13.0.